The molecule has 5 nitrogen and oxygen atoms in total. The molecule has 2 aliphatic rings. The van der Waals surface area contributed by atoms with Gasteiger partial charge in [-0.3, -0.25) is 4.79 Å². The lowest BCUT2D eigenvalue weighted by molar-refractivity contribution is -0.135. The average Bonchev–Trinajstić information content (AvgIpc) is 3.07. The molecular formula is C18H18N4O. The first kappa shape index (κ1) is 14.0. The molecule has 1 aromatic heterocycles. The number of fused-ring (bicyclic) bond motifs is 1. The molecular weight excluding hydrogens is 288 g/mol. The van der Waals surface area contributed by atoms with Crippen LogP contribution in [0.5, 0.6) is 0 Å². The molecule has 2 fully saturated rings. The van der Waals surface area contributed by atoms with Crippen molar-refractivity contribution < 1.29 is 4.79 Å². The minimum Gasteiger partial charge on any atom is -0.355 e. The molecule has 23 heavy (non-hydrogen) atoms. The predicted octanol–water partition coefficient (Wildman–Crippen LogP) is 2.17. The summed E-state index contributed by atoms with van der Waals surface area (Å²) in [4.78, 5) is 21.1. The Bertz CT molecular complexity index is 798. The Kier molecular flexibility index (Phi) is 3.38. The highest BCUT2D eigenvalue weighted by molar-refractivity contribution is 5.87. The number of hydrogen-bond acceptors (Lipinski definition) is 4. The van der Waals surface area contributed by atoms with E-state index in [2.05, 4.69) is 16.0 Å². The minimum absolute atomic E-state index is 0.0758. The summed E-state index contributed by atoms with van der Waals surface area (Å²) in [6, 6.07) is 11.8. The molecule has 0 bridgehead atoms. The van der Waals surface area contributed by atoms with E-state index in [1.807, 2.05) is 35.2 Å². The van der Waals surface area contributed by atoms with Crippen LogP contribution < -0.4 is 4.90 Å². The molecule has 2 aromatic rings. The standard InChI is InChI=1S/C18H18N4O/c19-10-13-9-17(20-16-6-2-1-5-15(13)16)22-11-14(12-22)18(23)21-7-3-4-8-21/h1-2,5-6,9,14H,3-4,7-8,11-12H2. The lowest BCUT2D eigenvalue weighted by atomic mass is 9.98. The molecule has 0 unspecified atom stereocenters. The molecule has 2 saturated heterocycles. The Morgan fingerprint density at radius 2 is 1.96 bits per heavy atom. The van der Waals surface area contributed by atoms with Gasteiger partial charge in [0.1, 0.15) is 5.82 Å². The largest absolute Gasteiger partial charge is 0.355 e. The van der Waals surface area contributed by atoms with Crippen molar-refractivity contribution in [1.29, 1.82) is 5.26 Å². The third-order valence-electron chi connectivity index (χ3n) is 4.80. The summed E-state index contributed by atoms with van der Waals surface area (Å²) in [5, 5.41) is 10.2. The smallest absolute Gasteiger partial charge is 0.229 e. The number of likely N-dealkylation sites (tertiary alicyclic amines) is 1. The molecule has 1 amide bonds. The van der Waals surface area contributed by atoms with Crippen LogP contribution in [0, 0.1) is 17.2 Å². The van der Waals surface area contributed by atoms with Crippen LogP contribution in [0.2, 0.25) is 0 Å². The van der Waals surface area contributed by atoms with E-state index in [1.54, 1.807) is 0 Å². The molecule has 0 N–H and O–H groups in total. The van der Waals surface area contributed by atoms with Crippen LogP contribution in [-0.4, -0.2) is 42.0 Å². The van der Waals surface area contributed by atoms with Gasteiger partial charge in [0, 0.05) is 31.6 Å². The second-order valence-electron chi connectivity index (χ2n) is 6.29. The number of pyridine rings is 1. The summed E-state index contributed by atoms with van der Waals surface area (Å²) in [7, 11) is 0. The van der Waals surface area contributed by atoms with Crippen LogP contribution in [0.4, 0.5) is 5.82 Å². The average molecular weight is 306 g/mol. The van der Waals surface area contributed by atoms with E-state index in [-0.39, 0.29) is 11.8 Å². The Balaban J connectivity index is 1.53. The number of carbonyl (C=O) groups excluding carboxylic acids is 1. The van der Waals surface area contributed by atoms with Gasteiger partial charge < -0.3 is 9.80 Å². The van der Waals surface area contributed by atoms with Crippen LogP contribution >= 0.6 is 0 Å². The number of aromatic nitrogens is 1. The van der Waals surface area contributed by atoms with Crippen molar-refractivity contribution >= 4 is 22.6 Å². The summed E-state index contributed by atoms with van der Waals surface area (Å²) in [5.41, 5.74) is 1.47. The van der Waals surface area contributed by atoms with Gasteiger partial charge in [0.25, 0.3) is 0 Å². The Morgan fingerprint density at radius 1 is 1.22 bits per heavy atom. The number of para-hydroxylation sites is 1. The normalized spacial score (nSPS) is 18.0. The van der Waals surface area contributed by atoms with Gasteiger partial charge in [-0.15, -0.1) is 0 Å². The van der Waals surface area contributed by atoms with E-state index in [1.165, 1.54) is 0 Å². The van der Waals surface area contributed by atoms with Crippen LogP contribution in [-0.2, 0) is 4.79 Å². The SMILES string of the molecule is N#Cc1cc(N2CC(C(=O)N3CCCC3)C2)nc2ccccc12. The van der Waals surface area contributed by atoms with Gasteiger partial charge in [-0.2, -0.15) is 5.26 Å². The topological polar surface area (TPSA) is 60.2 Å². The van der Waals surface area contributed by atoms with Crippen LogP contribution in [0.15, 0.2) is 30.3 Å². The van der Waals surface area contributed by atoms with Crippen LogP contribution in [0.3, 0.4) is 0 Å². The molecule has 5 heteroatoms. The summed E-state index contributed by atoms with van der Waals surface area (Å²) in [5.74, 6) is 1.15. The summed E-state index contributed by atoms with van der Waals surface area (Å²) < 4.78 is 0. The number of amides is 1. The molecule has 2 aliphatic heterocycles. The van der Waals surface area contributed by atoms with Crippen molar-refractivity contribution in [3.05, 3.63) is 35.9 Å². The summed E-state index contributed by atoms with van der Waals surface area (Å²) in [6.45, 7) is 3.21. The van der Waals surface area contributed by atoms with Crippen LogP contribution in [0.1, 0.15) is 18.4 Å². The first-order valence-electron chi connectivity index (χ1n) is 8.10. The Morgan fingerprint density at radius 3 is 2.70 bits per heavy atom. The number of nitrogens with zero attached hydrogens (tertiary/aromatic N) is 4. The zero-order chi connectivity index (χ0) is 15.8. The molecule has 0 aliphatic carbocycles. The maximum Gasteiger partial charge on any atom is 0.229 e. The number of benzene rings is 1. The van der Waals surface area contributed by atoms with E-state index in [4.69, 9.17) is 0 Å². The molecule has 0 atom stereocenters. The Hall–Kier alpha value is -2.61. The quantitative estimate of drug-likeness (QED) is 0.853. The number of carbonyl (C=O) groups is 1. The van der Waals surface area contributed by atoms with Crippen molar-refractivity contribution in [2.24, 2.45) is 5.92 Å². The summed E-state index contributed by atoms with van der Waals surface area (Å²) >= 11 is 0. The van der Waals surface area contributed by atoms with Gasteiger partial charge in [0.2, 0.25) is 5.91 Å². The van der Waals surface area contributed by atoms with Gasteiger partial charge in [-0.25, -0.2) is 4.98 Å². The lowest BCUT2D eigenvalue weighted by Gasteiger charge is -2.40. The van der Waals surface area contributed by atoms with Crippen LogP contribution in [0.25, 0.3) is 10.9 Å². The first-order chi connectivity index (χ1) is 11.3. The summed E-state index contributed by atoms with van der Waals surface area (Å²) in [6.07, 6.45) is 2.25. The van der Waals surface area contributed by atoms with Crippen molar-refractivity contribution in [2.45, 2.75) is 12.8 Å². The van der Waals surface area contributed by atoms with Crippen molar-refractivity contribution in [1.82, 2.24) is 9.88 Å². The molecule has 0 spiro atoms. The maximum atomic E-state index is 12.4. The van der Waals surface area contributed by atoms with E-state index in [0.717, 1.165) is 42.7 Å². The van der Waals surface area contributed by atoms with Crippen molar-refractivity contribution in [2.75, 3.05) is 31.1 Å². The Labute approximate surface area is 135 Å². The van der Waals surface area contributed by atoms with Crippen molar-refractivity contribution in [3.8, 4) is 6.07 Å². The molecule has 4 rings (SSSR count). The molecule has 0 radical (unpaired) electrons. The lowest BCUT2D eigenvalue weighted by Crippen LogP contribution is -2.54. The number of hydrogen-bond donors (Lipinski definition) is 0. The monoisotopic (exact) mass is 306 g/mol. The van der Waals surface area contributed by atoms with E-state index in [0.29, 0.717) is 18.7 Å². The fraction of sp³-hybridized carbons (Fsp3) is 0.389. The van der Waals surface area contributed by atoms with Crippen molar-refractivity contribution in [3.63, 3.8) is 0 Å². The van der Waals surface area contributed by atoms with E-state index >= 15 is 0 Å². The third kappa shape index (κ3) is 2.40. The van der Waals surface area contributed by atoms with Gasteiger partial charge in [-0.1, -0.05) is 18.2 Å². The fourth-order valence-corrected chi connectivity index (χ4v) is 3.43. The fourth-order valence-electron chi connectivity index (χ4n) is 3.43. The highest BCUT2D eigenvalue weighted by Gasteiger charge is 2.36. The molecule has 1 aromatic carbocycles. The second kappa shape index (κ2) is 5.54. The number of rotatable bonds is 2. The predicted molar refractivity (Wildman–Crippen MR) is 88.0 cm³/mol. The maximum absolute atomic E-state index is 12.4. The highest BCUT2D eigenvalue weighted by Crippen LogP contribution is 2.29. The molecule has 3 heterocycles. The van der Waals surface area contributed by atoms with Gasteiger partial charge in [0.05, 0.1) is 23.1 Å². The third-order valence-corrected chi connectivity index (χ3v) is 4.80. The zero-order valence-corrected chi connectivity index (χ0v) is 12.9. The molecule has 116 valence electrons. The van der Waals surface area contributed by atoms with Gasteiger partial charge in [0.15, 0.2) is 0 Å². The number of nitriles is 1. The van der Waals surface area contributed by atoms with E-state index < -0.39 is 0 Å². The van der Waals surface area contributed by atoms with Gasteiger partial charge >= 0.3 is 0 Å². The van der Waals surface area contributed by atoms with E-state index in [9.17, 15) is 10.1 Å². The second-order valence-corrected chi connectivity index (χ2v) is 6.29. The highest BCUT2D eigenvalue weighted by atomic mass is 16.2. The first-order valence-corrected chi connectivity index (χ1v) is 8.10. The molecule has 0 saturated carbocycles. The zero-order valence-electron chi connectivity index (χ0n) is 12.9. The minimum atomic E-state index is 0.0758. The van der Waals surface area contributed by atoms with Gasteiger partial charge in [-0.05, 0) is 25.0 Å². The number of anilines is 1.